The number of likely N-dealkylation sites (N-methyl/N-ethyl adjacent to an activating group) is 2. The lowest BCUT2D eigenvalue weighted by atomic mass is 10.2. The van der Waals surface area contributed by atoms with Crippen LogP contribution in [0.4, 0.5) is 0 Å². The largest absolute Gasteiger partial charge is 0.329 e. The number of hydrogen-bond donors (Lipinski definition) is 2. The Morgan fingerprint density at radius 2 is 1.31 bits per heavy atom. The number of nitrogens with one attached hydrogen (secondary N) is 1. The van der Waals surface area contributed by atoms with Gasteiger partial charge in [-0.1, -0.05) is 6.07 Å². The van der Waals surface area contributed by atoms with Gasteiger partial charge in [0.1, 0.15) is 6.29 Å². The van der Waals surface area contributed by atoms with Crippen LogP contribution in [0.3, 0.4) is 0 Å². The topological polar surface area (TPSA) is 113 Å². The summed E-state index contributed by atoms with van der Waals surface area (Å²) in [5.74, 6) is 0. The second kappa shape index (κ2) is 15.5. The number of fused-ring (bicyclic) bond motifs is 2. The molecule has 35 heavy (non-hydrogen) atoms. The Balaban J connectivity index is 0.000000209. The van der Waals surface area contributed by atoms with E-state index in [-0.39, 0.29) is 0 Å². The SMILES string of the molecule is CN(C)CCN.CN(C)CCNCc1ccc2nccnc2c1.O=Cc1ccc2nccnc2c1. The second-order valence-electron chi connectivity index (χ2n) is 8.37. The summed E-state index contributed by atoms with van der Waals surface area (Å²) in [6.45, 7) is 4.66. The normalized spacial score (nSPS) is 10.6. The van der Waals surface area contributed by atoms with E-state index in [2.05, 4.69) is 61.3 Å². The van der Waals surface area contributed by atoms with E-state index in [4.69, 9.17) is 5.73 Å². The molecule has 3 N–H and O–H groups in total. The number of hydrogen-bond acceptors (Lipinski definition) is 9. The maximum atomic E-state index is 10.4. The summed E-state index contributed by atoms with van der Waals surface area (Å²) in [7, 11) is 8.17. The number of nitrogens with zero attached hydrogens (tertiary/aromatic N) is 6. The fraction of sp³-hybridized carbons (Fsp3) is 0.346. The molecule has 2 heterocycles. The molecule has 0 spiro atoms. The third-order valence-corrected chi connectivity index (χ3v) is 4.80. The van der Waals surface area contributed by atoms with Crippen molar-refractivity contribution in [2.75, 3.05) is 54.4 Å². The Bertz CT molecular complexity index is 1170. The Morgan fingerprint density at radius 3 is 1.83 bits per heavy atom. The van der Waals surface area contributed by atoms with Crippen molar-refractivity contribution in [2.24, 2.45) is 5.73 Å². The molecule has 4 aromatic rings. The molecule has 0 atom stereocenters. The van der Waals surface area contributed by atoms with Crippen LogP contribution >= 0.6 is 0 Å². The van der Waals surface area contributed by atoms with Crippen molar-refractivity contribution >= 4 is 28.4 Å². The zero-order valence-corrected chi connectivity index (χ0v) is 21.1. The van der Waals surface area contributed by atoms with Crippen LogP contribution in [-0.4, -0.2) is 90.4 Å². The third kappa shape index (κ3) is 10.6. The monoisotopic (exact) mass is 476 g/mol. The lowest BCUT2D eigenvalue weighted by Gasteiger charge is -2.10. The van der Waals surface area contributed by atoms with E-state index in [9.17, 15) is 4.79 Å². The number of benzene rings is 2. The summed E-state index contributed by atoms with van der Waals surface area (Å²) >= 11 is 0. The Labute approximate surface area is 207 Å². The van der Waals surface area contributed by atoms with Crippen LogP contribution in [0.15, 0.2) is 61.2 Å². The quantitative estimate of drug-likeness (QED) is 0.292. The van der Waals surface area contributed by atoms with Crippen LogP contribution in [0, 0.1) is 0 Å². The van der Waals surface area contributed by atoms with E-state index in [0.29, 0.717) is 5.56 Å². The van der Waals surface area contributed by atoms with E-state index in [1.807, 2.05) is 20.2 Å². The molecule has 0 aliphatic carbocycles. The van der Waals surface area contributed by atoms with Gasteiger partial charge in [0.15, 0.2) is 0 Å². The summed E-state index contributed by atoms with van der Waals surface area (Å²) in [4.78, 5) is 31.3. The van der Waals surface area contributed by atoms with Crippen LogP contribution < -0.4 is 11.1 Å². The summed E-state index contributed by atoms with van der Waals surface area (Å²) in [6, 6.07) is 11.4. The van der Waals surface area contributed by atoms with Crippen molar-refractivity contribution in [3.8, 4) is 0 Å². The van der Waals surface area contributed by atoms with Crippen molar-refractivity contribution in [3.63, 3.8) is 0 Å². The van der Waals surface area contributed by atoms with Crippen LogP contribution in [-0.2, 0) is 6.54 Å². The lowest BCUT2D eigenvalue weighted by Crippen LogP contribution is -2.26. The molecule has 4 rings (SSSR count). The fourth-order valence-electron chi connectivity index (χ4n) is 2.97. The van der Waals surface area contributed by atoms with Gasteiger partial charge in [0.25, 0.3) is 0 Å². The highest BCUT2D eigenvalue weighted by atomic mass is 16.1. The molecular weight excluding hydrogens is 440 g/mol. The maximum Gasteiger partial charge on any atom is 0.150 e. The summed E-state index contributed by atoms with van der Waals surface area (Å²) < 4.78 is 0. The molecule has 0 fully saturated rings. The molecule has 186 valence electrons. The van der Waals surface area contributed by atoms with Crippen molar-refractivity contribution in [2.45, 2.75) is 6.54 Å². The van der Waals surface area contributed by atoms with Gasteiger partial charge >= 0.3 is 0 Å². The van der Waals surface area contributed by atoms with Crippen LogP contribution in [0.2, 0.25) is 0 Å². The molecule has 0 unspecified atom stereocenters. The van der Waals surface area contributed by atoms with Gasteiger partial charge in [-0.25, -0.2) is 0 Å². The average molecular weight is 477 g/mol. The first-order valence-electron chi connectivity index (χ1n) is 11.5. The van der Waals surface area contributed by atoms with Crippen LogP contribution in [0.5, 0.6) is 0 Å². The minimum atomic E-state index is 0.628. The van der Waals surface area contributed by atoms with Gasteiger partial charge in [-0.05, 0) is 64.1 Å². The number of nitrogens with two attached hydrogens (primary N) is 1. The van der Waals surface area contributed by atoms with Crippen LogP contribution in [0.1, 0.15) is 15.9 Å². The molecule has 2 aromatic heterocycles. The van der Waals surface area contributed by atoms with Gasteiger partial charge in [0.2, 0.25) is 0 Å². The van der Waals surface area contributed by atoms with Gasteiger partial charge in [-0.2, -0.15) is 0 Å². The zero-order chi connectivity index (χ0) is 25.5. The van der Waals surface area contributed by atoms with Crippen molar-refractivity contribution in [1.29, 1.82) is 0 Å². The first-order valence-corrected chi connectivity index (χ1v) is 11.5. The summed E-state index contributed by atoms with van der Waals surface area (Å²) in [5, 5.41) is 3.41. The average Bonchev–Trinajstić information content (AvgIpc) is 2.87. The predicted molar refractivity (Wildman–Crippen MR) is 142 cm³/mol. The van der Waals surface area contributed by atoms with E-state index in [1.54, 1.807) is 43.0 Å². The number of carbonyl (C=O) groups excluding carboxylic acids is 1. The fourth-order valence-corrected chi connectivity index (χ4v) is 2.97. The number of rotatable bonds is 8. The maximum absolute atomic E-state index is 10.4. The van der Waals surface area contributed by atoms with Crippen molar-refractivity contribution < 1.29 is 4.79 Å². The molecule has 9 heteroatoms. The van der Waals surface area contributed by atoms with Gasteiger partial charge in [0, 0.05) is 63.1 Å². The summed E-state index contributed by atoms with van der Waals surface area (Å²) in [5.41, 5.74) is 10.5. The molecule has 0 aliphatic heterocycles. The first kappa shape index (κ1) is 27.9. The van der Waals surface area contributed by atoms with E-state index in [0.717, 1.165) is 61.1 Å². The minimum absolute atomic E-state index is 0.628. The Morgan fingerprint density at radius 1 is 0.771 bits per heavy atom. The number of aromatic nitrogens is 4. The highest BCUT2D eigenvalue weighted by Crippen LogP contribution is 2.10. The van der Waals surface area contributed by atoms with Crippen LogP contribution in [0.25, 0.3) is 22.1 Å². The van der Waals surface area contributed by atoms with E-state index < -0.39 is 0 Å². The zero-order valence-electron chi connectivity index (χ0n) is 21.1. The Hall–Kier alpha value is -3.37. The molecule has 0 bridgehead atoms. The highest BCUT2D eigenvalue weighted by Gasteiger charge is 1.98. The van der Waals surface area contributed by atoms with Gasteiger partial charge < -0.3 is 20.9 Å². The van der Waals surface area contributed by atoms with E-state index >= 15 is 0 Å². The number of carbonyl (C=O) groups is 1. The predicted octanol–water partition coefficient (Wildman–Crippen LogP) is 2.23. The smallest absolute Gasteiger partial charge is 0.150 e. The molecule has 0 amide bonds. The molecule has 9 nitrogen and oxygen atoms in total. The highest BCUT2D eigenvalue weighted by molar-refractivity contribution is 5.84. The molecule has 0 saturated heterocycles. The molecule has 2 aromatic carbocycles. The van der Waals surface area contributed by atoms with E-state index in [1.165, 1.54) is 5.56 Å². The molecule has 0 radical (unpaired) electrons. The molecule has 0 aliphatic rings. The molecular formula is C26H36N8O. The third-order valence-electron chi connectivity index (χ3n) is 4.80. The van der Waals surface area contributed by atoms with Crippen molar-refractivity contribution in [1.82, 2.24) is 35.1 Å². The Kier molecular flexibility index (Phi) is 12.4. The number of aldehydes is 1. The lowest BCUT2D eigenvalue weighted by molar-refractivity contribution is 0.112. The van der Waals surface area contributed by atoms with Gasteiger partial charge in [-0.15, -0.1) is 0 Å². The van der Waals surface area contributed by atoms with Gasteiger partial charge in [0.05, 0.1) is 22.1 Å². The second-order valence-corrected chi connectivity index (χ2v) is 8.37. The summed E-state index contributed by atoms with van der Waals surface area (Å²) in [6.07, 6.45) is 7.48. The first-order chi connectivity index (χ1) is 16.9. The standard InChI is InChI=1S/C13H18N4.C9H6N2O.C4H12N2/c1-17(2)8-7-14-10-11-3-4-12-13(9-11)16-6-5-15-12;12-6-7-1-2-8-9(5-7)11-4-3-10-8;1-6(2)4-3-5/h3-6,9,14H,7-8,10H2,1-2H3;1-6H;3-5H2,1-2H3. The molecule has 0 saturated carbocycles. The minimum Gasteiger partial charge on any atom is -0.329 e. The van der Waals surface area contributed by atoms with Crippen molar-refractivity contribution in [3.05, 3.63) is 72.3 Å². The van der Waals surface area contributed by atoms with Gasteiger partial charge in [-0.3, -0.25) is 24.7 Å².